The average molecular weight is 597 g/mol. The molecule has 9 nitrogen and oxygen atoms in total. The topological polar surface area (TPSA) is 98.9 Å². The van der Waals surface area contributed by atoms with Crippen molar-refractivity contribution in [3.8, 4) is 11.5 Å². The zero-order valence-electron chi connectivity index (χ0n) is 23.6. The summed E-state index contributed by atoms with van der Waals surface area (Å²) in [7, 11) is 0. The third kappa shape index (κ3) is 5.03. The highest BCUT2D eigenvalue weighted by atomic mass is 32.1. The molecule has 2 fully saturated rings. The second-order valence-electron chi connectivity index (χ2n) is 11.6. The molecule has 5 heterocycles. The summed E-state index contributed by atoms with van der Waals surface area (Å²) < 4.78 is 21.9. The number of carboxylic acids is 1. The van der Waals surface area contributed by atoms with Crippen molar-refractivity contribution >= 4 is 38.6 Å². The molecule has 0 amide bonds. The molecular weight excluding hydrogens is 564 g/mol. The Morgan fingerprint density at radius 3 is 2.65 bits per heavy atom. The number of benzene rings is 3. The van der Waals surface area contributed by atoms with E-state index in [2.05, 4.69) is 27.7 Å². The number of carbonyl (C=O) groups is 1. The SMILES string of the molecule is O=C(O)c1ccc2nc(CN3CCC(c4cccc5c4OC(c4nc6ccccc6s4)CO5)CC3)n(C[C@@H]3CCO3)c2c1. The monoisotopic (exact) mass is 596 g/mol. The van der Waals surface area contributed by atoms with Gasteiger partial charge in [0.25, 0.3) is 0 Å². The van der Waals surface area contributed by atoms with Crippen LogP contribution in [0.3, 0.4) is 0 Å². The van der Waals surface area contributed by atoms with Crippen molar-refractivity contribution < 1.29 is 24.1 Å². The Morgan fingerprint density at radius 2 is 1.86 bits per heavy atom. The molecule has 0 bridgehead atoms. The van der Waals surface area contributed by atoms with Gasteiger partial charge in [0.05, 0.1) is 46.0 Å². The van der Waals surface area contributed by atoms with Crippen LogP contribution >= 0.6 is 11.3 Å². The molecule has 8 rings (SSSR count). The summed E-state index contributed by atoms with van der Waals surface area (Å²) in [6.45, 7) is 4.49. The molecule has 3 aliphatic rings. The molecule has 2 atom stereocenters. The standard InChI is InChI=1S/C33H32N4O5S/c38-33(39)21-8-9-24-26(16-21)37(17-22-12-15-40-22)30(34-24)18-36-13-10-20(11-14-36)23-4-3-6-27-31(23)42-28(19-41-27)32-35-25-5-1-2-7-29(25)43-32/h1-9,16,20,22,28H,10-15,17-19H2,(H,38,39)/t22-,28?/m0/s1. The first-order valence-corrected chi connectivity index (χ1v) is 15.7. The van der Waals surface area contributed by atoms with Gasteiger partial charge in [0, 0.05) is 12.2 Å². The number of rotatable bonds is 7. The minimum atomic E-state index is -0.929. The lowest BCUT2D eigenvalue weighted by molar-refractivity contribution is -0.0592. The Balaban J connectivity index is 0.991. The maximum Gasteiger partial charge on any atom is 0.335 e. The van der Waals surface area contributed by atoms with Gasteiger partial charge in [0.15, 0.2) is 17.6 Å². The van der Waals surface area contributed by atoms with Gasteiger partial charge in [0.2, 0.25) is 0 Å². The molecule has 2 aromatic heterocycles. The third-order valence-corrected chi connectivity index (χ3v) is 10.0. The molecular formula is C33H32N4O5S. The number of piperidine rings is 1. The highest BCUT2D eigenvalue weighted by molar-refractivity contribution is 7.18. The highest BCUT2D eigenvalue weighted by Gasteiger charge is 2.32. The summed E-state index contributed by atoms with van der Waals surface area (Å²) in [6, 6.07) is 19.6. The smallest absolute Gasteiger partial charge is 0.335 e. The van der Waals surface area contributed by atoms with E-state index in [4.69, 9.17) is 24.2 Å². The normalized spacial score (nSPS) is 20.8. The molecule has 0 spiro atoms. The number of aromatic nitrogens is 3. The van der Waals surface area contributed by atoms with Gasteiger partial charge in [-0.3, -0.25) is 4.90 Å². The van der Waals surface area contributed by atoms with Crippen LogP contribution in [-0.4, -0.2) is 62.9 Å². The summed E-state index contributed by atoms with van der Waals surface area (Å²) in [5.41, 5.74) is 4.16. The molecule has 1 N–H and O–H groups in total. The van der Waals surface area contributed by atoms with Gasteiger partial charge in [-0.15, -0.1) is 11.3 Å². The number of hydrogen-bond donors (Lipinski definition) is 1. The van der Waals surface area contributed by atoms with Crippen LogP contribution < -0.4 is 9.47 Å². The maximum absolute atomic E-state index is 11.7. The molecule has 0 radical (unpaired) electrons. The molecule has 2 saturated heterocycles. The Bertz CT molecular complexity index is 1790. The van der Waals surface area contributed by atoms with Crippen molar-refractivity contribution in [2.24, 2.45) is 0 Å². The van der Waals surface area contributed by atoms with E-state index in [1.165, 1.54) is 5.56 Å². The van der Waals surface area contributed by atoms with Gasteiger partial charge in [-0.2, -0.15) is 0 Å². The number of carboxylic acid groups (broad SMARTS) is 1. The van der Waals surface area contributed by atoms with Crippen LogP contribution in [-0.2, 0) is 17.8 Å². The first kappa shape index (κ1) is 26.6. The van der Waals surface area contributed by atoms with Crippen molar-refractivity contribution in [3.63, 3.8) is 0 Å². The van der Waals surface area contributed by atoms with E-state index in [0.717, 1.165) is 82.5 Å². The lowest BCUT2D eigenvalue weighted by Gasteiger charge is -2.34. The largest absolute Gasteiger partial charge is 0.485 e. The van der Waals surface area contributed by atoms with E-state index in [1.807, 2.05) is 30.3 Å². The highest BCUT2D eigenvalue weighted by Crippen LogP contribution is 2.45. The Kier molecular flexibility index (Phi) is 6.77. The molecule has 3 aliphatic heterocycles. The molecule has 43 heavy (non-hydrogen) atoms. The predicted octanol–water partition coefficient (Wildman–Crippen LogP) is 6.03. The summed E-state index contributed by atoms with van der Waals surface area (Å²) >= 11 is 1.67. The summed E-state index contributed by atoms with van der Waals surface area (Å²) in [4.78, 5) is 23.9. The number of likely N-dealkylation sites (tertiary alicyclic amines) is 1. The van der Waals surface area contributed by atoms with Crippen LogP contribution in [0.2, 0.25) is 0 Å². The second kappa shape index (κ2) is 10.9. The van der Waals surface area contributed by atoms with Gasteiger partial charge >= 0.3 is 5.97 Å². The van der Waals surface area contributed by atoms with Crippen molar-refractivity contribution in [1.29, 1.82) is 0 Å². The van der Waals surface area contributed by atoms with Crippen LogP contribution in [0.15, 0.2) is 60.7 Å². The molecule has 5 aromatic rings. The summed E-state index contributed by atoms with van der Waals surface area (Å²) in [6.07, 6.45) is 2.94. The van der Waals surface area contributed by atoms with E-state index >= 15 is 0 Å². The van der Waals surface area contributed by atoms with Crippen molar-refractivity contribution in [3.05, 3.63) is 82.6 Å². The fourth-order valence-corrected chi connectivity index (χ4v) is 7.43. The van der Waals surface area contributed by atoms with E-state index in [9.17, 15) is 9.90 Å². The Labute approximate surface area is 252 Å². The molecule has 10 heteroatoms. The van der Waals surface area contributed by atoms with Gasteiger partial charge in [-0.05, 0) is 74.7 Å². The van der Waals surface area contributed by atoms with Crippen molar-refractivity contribution in [2.75, 3.05) is 26.3 Å². The molecule has 3 aromatic carbocycles. The second-order valence-corrected chi connectivity index (χ2v) is 12.7. The van der Waals surface area contributed by atoms with Gasteiger partial charge in [-0.1, -0.05) is 24.3 Å². The van der Waals surface area contributed by atoms with Gasteiger partial charge in [0.1, 0.15) is 17.4 Å². The fourth-order valence-electron chi connectivity index (χ4n) is 6.45. The minimum Gasteiger partial charge on any atom is -0.485 e. The van der Waals surface area contributed by atoms with Crippen LogP contribution in [0.1, 0.15) is 58.0 Å². The number of para-hydroxylation sites is 2. The Morgan fingerprint density at radius 1 is 1.00 bits per heavy atom. The Hall–Kier alpha value is -3.99. The maximum atomic E-state index is 11.7. The number of fused-ring (bicyclic) bond motifs is 3. The zero-order chi connectivity index (χ0) is 28.9. The number of ether oxygens (including phenoxy) is 3. The number of hydrogen-bond acceptors (Lipinski definition) is 8. The lowest BCUT2D eigenvalue weighted by atomic mass is 9.88. The molecule has 220 valence electrons. The van der Waals surface area contributed by atoms with Crippen molar-refractivity contribution in [1.82, 2.24) is 19.4 Å². The van der Waals surface area contributed by atoms with Crippen molar-refractivity contribution in [2.45, 2.75) is 50.5 Å². The number of imidazole rings is 1. The van der Waals surface area contributed by atoms with E-state index < -0.39 is 5.97 Å². The van der Waals surface area contributed by atoms with Crippen LogP contribution in [0.4, 0.5) is 0 Å². The van der Waals surface area contributed by atoms with E-state index in [1.54, 1.807) is 23.5 Å². The first-order chi connectivity index (χ1) is 21.1. The van der Waals surface area contributed by atoms with E-state index in [0.29, 0.717) is 25.6 Å². The molecule has 1 unspecified atom stereocenters. The van der Waals surface area contributed by atoms with Crippen LogP contribution in [0.25, 0.3) is 21.3 Å². The summed E-state index contributed by atoms with van der Waals surface area (Å²) in [5, 5.41) is 10.5. The average Bonchev–Trinajstić information content (AvgIpc) is 3.59. The number of nitrogens with zero attached hydrogens (tertiary/aromatic N) is 4. The predicted molar refractivity (Wildman–Crippen MR) is 163 cm³/mol. The fraction of sp³-hybridized carbons (Fsp3) is 0.364. The van der Waals surface area contributed by atoms with Crippen LogP contribution in [0.5, 0.6) is 11.5 Å². The zero-order valence-corrected chi connectivity index (χ0v) is 24.5. The minimum absolute atomic E-state index is 0.147. The lowest BCUT2D eigenvalue weighted by Crippen LogP contribution is -2.35. The first-order valence-electron chi connectivity index (χ1n) is 14.9. The summed E-state index contributed by atoms with van der Waals surface area (Å²) in [5.74, 6) is 2.06. The number of thiazole rings is 1. The number of aromatic carboxylic acids is 1. The molecule has 0 aliphatic carbocycles. The quantitative estimate of drug-likeness (QED) is 0.243. The third-order valence-electron chi connectivity index (χ3n) is 8.89. The van der Waals surface area contributed by atoms with Crippen LogP contribution in [0, 0.1) is 0 Å². The van der Waals surface area contributed by atoms with Gasteiger partial charge < -0.3 is 23.9 Å². The molecule has 0 saturated carbocycles. The van der Waals surface area contributed by atoms with Gasteiger partial charge in [-0.25, -0.2) is 14.8 Å². The van der Waals surface area contributed by atoms with E-state index in [-0.39, 0.29) is 17.8 Å².